The molecule has 0 saturated heterocycles. The highest BCUT2D eigenvalue weighted by molar-refractivity contribution is 6.03. The van der Waals surface area contributed by atoms with Crippen molar-refractivity contribution in [1.82, 2.24) is 24.7 Å². The Morgan fingerprint density at radius 1 is 1.33 bits per heavy atom. The van der Waals surface area contributed by atoms with E-state index < -0.39 is 0 Å². The Labute approximate surface area is 102 Å². The van der Waals surface area contributed by atoms with Crippen LogP contribution in [0.2, 0.25) is 0 Å². The molecule has 5 nitrogen and oxygen atoms in total. The minimum atomic E-state index is 0.780. The number of nitrogens with one attached hydrogen (secondary N) is 2. The second kappa shape index (κ2) is 3.22. The van der Waals surface area contributed by atoms with Gasteiger partial charge >= 0.3 is 0 Å². The fourth-order valence-electron chi connectivity index (χ4n) is 2.37. The monoisotopic (exact) mass is 237 g/mol. The molecule has 18 heavy (non-hydrogen) atoms. The quantitative estimate of drug-likeness (QED) is 0.534. The number of aromatic amines is 2. The third-order valence-corrected chi connectivity index (χ3v) is 3.23. The third-order valence-electron chi connectivity index (χ3n) is 3.23. The van der Waals surface area contributed by atoms with Gasteiger partial charge in [0.25, 0.3) is 0 Å². The first kappa shape index (κ1) is 9.47. The van der Waals surface area contributed by atoms with Gasteiger partial charge in [0.1, 0.15) is 0 Å². The number of pyridine rings is 1. The number of aryl methyl sites for hydroxylation is 1. The van der Waals surface area contributed by atoms with Crippen LogP contribution in [0.3, 0.4) is 0 Å². The number of rotatable bonds is 1. The van der Waals surface area contributed by atoms with Gasteiger partial charge in [-0.15, -0.1) is 0 Å². The molecule has 4 rings (SSSR count). The van der Waals surface area contributed by atoms with E-state index in [4.69, 9.17) is 0 Å². The lowest BCUT2D eigenvalue weighted by Gasteiger charge is -1.95. The fourth-order valence-corrected chi connectivity index (χ4v) is 2.37. The molecule has 4 aromatic heterocycles. The predicted octanol–water partition coefficient (Wildman–Crippen LogP) is 2.44. The summed E-state index contributed by atoms with van der Waals surface area (Å²) in [5, 5.41) is 5.32. The molecular weight excluding hydrogens is 226 g/mol. The van der Waals surface area contributed by atoms with Crippen LogP contribution in [0.4, 0.5) is 0 Å². The molecule has 0 aliphatic carbocycles. The molecule has 0 aliphatic heterocycles. The maximum Gasteiger partial charge on any atom is 0.162 e. The molecule has 4 heterocycles. The van der Waals surface area contributed by atoms with Gasteiger partial charge in [0.2, 0.25) is 0 Å². The highest BCUT2D eigenvalue weighted by atomic mass is 15.2. The molecule has 0 aromatic carbocycles. The minimum absolute atomic E-state index is 0.780. The second-order valence-corrected chi connectivity index (χ2v) is 4.36. The summed E-state index contributed by atoms with van der Waals surface area (Å²) in [4.78, 5) is 12.1. The molecule has 88 valence electrons. The Balaban J connectivity index is 2.10. The zero-order valence-corrected chi connectivity index (χ0v) is 9.81. The Bertz CT molecular complexity index is 835. The van der Waals surface area contributed by atoms with Gasteiger partial charge in [0.15, 0.2) is 5.65 Å². The van der Waals surface area contributed by atoms with Crippen molar-refractivity contribution in [1.29, 1.82) is 0 Å². The molecule has 0 aliphatic rings. The molecule has 0 atom stereocenters. The standard InChI is InChI=1S/C13H11N5/c1-18-12-8(7-16-18)6-15-13-9(12)5-11(17-13)10-3-2-4-14-10/h2-7,14,16H,1H3. The number of H-pyrrole nitrogens is 2. The van der Waals surface area contributed by atoms with Crippen molar-refractivity contribution in [2.45, 2.75) is 0 Å². The van der Waals surface area contributed by atoms with Crippen LogP contribution in [0.15, 0.2) is 36.8 Å². The van der Waals surface area contributed by atoms with E-state index in [1.165, 1.54) is 0 Å². The maximum absolute atomic E-state index is 4.56. The van der Waals surface area contributed by atoms with Gasteiger partial charge < -0.3 is 10.1 Å². The summed E-state index contributed by atoms with van der Waals surface area (Å²) in [7, 11) is 1.99. The first-order valence-electron chi connectivity index (χ1n) is 5.76. The lowest BCUT2D eigenvalue weighted by Crippen LogP contribution is -1.89. The van der Waals surface area contributed by atoms with Crippen molar-refractivity contribution in [2.75, 3.05) is 0 Å². The van der Waals surface area contributed by atoms with Crippen LogP contribution in [0.25, 0.3) is 33.3 Å². The molecule has 0 saturated carbocycles. The van der Waals surface area contributed by atoms with Crippen LogP contribution < -0.4 is 0 Å². The summed E-state index contributed by atoms with van der Waals surface area (Å²) in [5.74, 6) is 0. The molecule has 2 N–H and O–H groups in total. The lowest BCUT2D eigenvalue weighted by molar-refractivity contribution is 0.799. The maximum atomic E-state index is 4.56. The van der Waals surface area contributed by atoms with Crippen LogP contribution in [-0.2, 0) is 7.05 Å². The zero-order valence-electron chi connectivity index (χ0n) is 9.81. The van der Waals surface area contributed by atoms with Crippen LogP contribution in [0, 0.1) is 0 Å². The molecule has 4 aromatic rings. The van der Waals surface area contributed by atoms with E-state index >= 15 is 0 Å². The van der Waals surface area contributed by atoms with Gasteiger partial charge in [-0.05, 0) is 18.2 Å². The van der Waals surface area contributed by atoms with Crippen LogP contribution in [-0.4, -0.2) is 24.7 Å². The molecular formula is C13H11N5. The summed E-state index contributed by atoms with van der Waals surface area (Å²) >= 11 is 0. The van der Waals surface area contributed by atoms with Crippen LogP contribution in [0.5, 0.6) is 0 Å². The van der Waals surface area contributed by atoms with Crippen molar-refractivity contribution >= 4 is 21.9 Å². The molecule has 0 bridgehead atoms. The number of hydrogen-bond donors (Lipinski definition) is 2. The highest BCUT2D eigenvalue weighted by Crippen LogP contribution is 2.27. The van der Waals surface area contributed by atoms with Gasteiger partial charge in [0, 0.05) is 36.4 Å². The Morgan fingerprint density at radius 3 is 3.11 bits per heavy atom. The number of nitrogens with zero attached hydrogens (tertiary/aromatic N) is 3. The molecule has 0 fully saturated rings. The van der Waals surface area contributed by atoms with E-state index in [9.17, 15) is 0 Å². The van der Waals surface area contributed by atoms with Crippen molar-refractivity contribution in [3.05, 3.63) is 36.8 Å². The van der Waals surface area contributed by atoms with Crippen molar-refractivity contribution in [3.63, 3.8) is 0 Å². The first-order valence-corrected chi connectivity index (χ1v) is 5.76. The molecule has 0 unspecified atom stereocenters. The smallest absolute Gasteiger partial charge is 0.162 e. The lowest BCUT2D eigenvalue weighted by atomic mass is 10.2. The molecule has 0 amide bonds. The van der Waals surface area contributed by atoms with Crippen molar-refractivity contribution < 1.29 is 0 Å². The van der Waals surface area contributed by atoms with E-state index in [-0.39, 0.29) is 0 Å². The summed E-state index contributed by atoms with van der Waals surface area (Å²) < 4.78 is 1.99. The summed E-state index contributed by atoms with van der Waals surface area (Å²) in [6.07, 6.45) is 5.69. The van der Waals surface area contributed by atoms with E-state index in [0.29, 0.717) is 0 Å². The number of hydrogen-bond acceptors (Lipinski definition) is 2. The Hall–Kier alpha value is -2.56. The first-order chi connectivity index (χ1) is 8.83. The zero-order chi connectivity index (χ0) is 12.1. The van der Waals surface area contributed by atoms with E-state index in [1.54, 1.807) is 0 Å². The largest absolute Gasteiger partial charge is 0.360 e. The van der Waals surface area contributed by atoms with Gasteiger partial charge in [-0.2, -0.15) is 0 Å². The summed E-state index contributed by atoms with van der Waals surface area (Å²) in [6.45, 7) is 0. The third kappa shape index (κ3) is 1.15. The second-order valence-electron chi connectivity index (χ2n) is 4.36. The van der Waals surface area contributed by atoms with Gasteiger partial charge in [-0.1, -0.05) is 0 Å². The normalized spacial score (nSPS) is 11.6. The molecule has 0 radical (unpaired) electrons. The Kier molecular flexibility index (Phi) is 1.70. The summed E-state index contributed by atoms with van der Waals surface area (Å²) in [5.41, 5.74) is 3.85. The van der Waals surface area contributed by atoms with Crippen molar-refractivity contribution in [3.8, 4) is 11.4 Å². The van der Waals surface area contributed by atoms with E-state index in [2.05, 4.69) is 26.1 Å². The summed E-state index contributed by atoms with van der Waals surface area (Å²) in [6, 6.07) is 6.05. The average Bonchev–Trinajstić information content (AvgIpc) is 3.05. The predicted molar refractivity (Wildman–Crippen MR) is 70.2 cm³/mol. The number of aromatic nitrogens is 5. The van der Waals surface area contributed by atoms with Gasteiger partial charge in [-0.25, -0.2) is 9.97 Å². The minimum Gasteiger partial charge on any atom is -0.360 e. The number of fused-ring (bicyclic) bond motifs is 3. The molecule has 5 heteroatoms. The van der Waals surface area contributed by atoms with Gasteiger partial charge in [-0.3, -0.25) is 4.68 Å². The topological polar surface area (TPSA) is 62.3 Å². The fraction of sp³-hybridized carbons (Fsp3) is 0.0769. The SMILES string of the molecule is Cn1[nH]cc2cnc3nc(-c4ccc[nH]4)cc3c21. The van der Waals surface area contributed by atoms with Crippen LogP contribution >= 0.6 is 0 Å². The molecule has 0 spiro atoms. The average molecular weight is 237 g/mol. The van der Waals surface area contributed by atoms with Crippen LogP contribution in [0.1, 0.15) is 0 Å². The van der Waals surface area contributed by atoms with Crippen molar-refractivity contribution in [2.24, 2.45) is 7.05 Å². The van der Waals surface area contributed by atoms with Gasteiger partial charge in [0.05, 0.1) is 16.9 Å². The van der Waals surface area contributed by atoms with E-state index in [0.717, 1.165) is 33.3 Å². The van der Waals surface area contributed by atoms with E-state index in [1.807, 2.05) is 42.5 Å². The highest BCUT2D eigenvalue weighted by Gasteiger charge is 2.11. The Morgan fingerprint density at radius 2 is 2.28 bits per heavy atom.